The van der Waals surface area contributed by atoms with E-state index in [1.807, 2.05) is 12.1 Å². The van der Waals surface area contributed by atoms with Crippen LogP contribution < -0.4 is 5.73 Å². The molecule has 1 aliphatic heterocycles. The largest absolute Gasteiger partial charge is 0.327 e. The molecule has 2 atom stereocenters. The lowest BCUT2D eigenvalue weighted by Gasteiger charge is -2.36. The van der Waals surface area contributed by atoms with Crippen LogP contribution in [0.1, 0.15) is 34.6 Å². The summed E-state index contributed by atoms with van der Waals surface area (Å²) in [6, 6.07) is 13.7. The van der Waals surface area contributed by atoms with Crippen LogP contribution in [0.15, 0.2) is 42.5 Å². The predicted octanol–water partition coefficient (Wildman–Crippen LogP) is 3.76. The maximum absolute atomic E-state index is 13.0. The first-order chi connectivity index (χ1) is 11.0. The van der Waals surface area contributed by atoms with Gasteiger partial charge in [0.25, 0.3) is 0 Å². The molecule has 3 rings (SSSR count). The number of rotatable bonds is 3. The molecule has 1 aliphatic rings. The SMILES string of the molecule is Cc1ccc(C2CC(N)CN(Cc3ccc(F)cc3)C2)cc1C. The molecule has 0 spiro atoms. The van der Waals surface area contributed by atoms with Gasteiger partial charge in [-0.15, -0.1) is 0 Å². The van der Waals surface area contributed by atoms with E-state index in [9.17, 15) is 4.39 Å². The van der Waals surface area contributed by atoms with Crippen molar-refractivity contribution in [3.8, 4) is 0 Å². The second-order valence-corrected chi connectivity index (χ2v) is 6.86. The van der Waals surface area contributed by atoms with Gasteiger partial charge in [-0.05, 0) is 60.6 Å². The van der Waals surface area contributed by atoms with Crippen molar-refractivity contribution in [2.75, 3.05) is 13.1 Å². The first kappa shape index (κ1) is 16.2. The molecule has 2 aromatic carbocycles. The lowest BCUT2D eigenvalue weighted by Crippen LogP contribution is -2.45. The number of aryl methyl sites for hydroxylation is 2. The fourth-order valence-corrected chi connectivity index (χ4v) is 3.47. The summed E-state index contributed by atoms with van der Waals surface area (Å²) in [6.07, 6.45) is 1.03. The maximum Gasteiger partial charge on any atom is 0.123 e. The average Bonchev–Trinajstić information content (AvgIpc) is 2.52. The summed E-state index contributed by atoms with van der Waals surface area (Å²) in [5.41, 5.74) is 11.5. The molecule has 0 aliphatic carbocycles. The average molecular weight is 312 g/mol. The highest BCUT2D eigenvalue weighted by Crippen LogP contribution is 2.28. The van der Waals surface area contributed by atoms with E-state index in [-0.39, 0.29) is 11.9 Å². The Bertz CT molecular complexity index is 666. The molecule has 2 nitrogen and oxygen atoms in total. The Morgan fingerprint density at radius 2 is 1.78 bits per heavy atom. The highest BCUT2D eigenvalue weighted by Gasteiger charge is 2.26. The quantitative estimate of drug-likeness (QED) is 0.935. The van der Waals surface area contributed by atoms with Gasteiger partial charge in [0.2, 0.25) is 0 Å². The van der Waals surface area contributed by atoms with E-state index < -0.39 is 0 Å². The van der Waals surface area contributed by atoms with Crippen LogP contribution in [-0.2, 0) is 6.54 Å². The summed E-state index contributed by atoms with van der Waals surface area (Å²) in [6.45, 7) is 7.05. The van der Waals surface area contributed by atoms with Gasteiger partial charge in [0, 0.05) is 25.7 Å². The molecule has 2 aromatic rings. The first-order valence-electron chi connectivity index (χ1n) is 8.31. The van der Waals surface area contributed by atoms with E-state index >= 15 is 0 Å². The number of piperidine rings is 1. The summed E-state index contributed by atoms with van der Waals surface area (Å²) in [7, 11) is 0. The molecule has 0 saturated carbocycles. The van der Waals surface area contributed by atoms with Gasteiger partial charge in [0.1, 0.15) is 5.82 Å². The summed E-state index contributed by atoms with van der Waals surface area (Å²) in [5, 5.41) is 0. The van der Waals surface area contributed by atoms with Gasteiger partial charge in [-0.2, -0.15) is 0 Å². The van der Waals surface area contributed by atoms with Crippen molar-refractivity contribution in [1.82, 2.24) is 4.90 Å². The van der Waals surface area contributed by atoms with E-state index in [2.05, 4.69) is 36.9 Å². The zero-order chi connectivity index (χ0) is 16.4. The van der Waals surface area contributed by atoms with Crippen LogP contribution in [0.2, 0.25) is 0 Å². The summed E-state index contributed by atoms with van der Waals surface area (Å²) >= 11 is 0. The van der Waals surface area contributed by atoms with Gasteiger partial charge in [0.15, 0.2) is 0 Å². The molecule has 2 N–H and O–H groups in total. The number of nitrogens with two attached hydrogens (primary N) is 1. The van der Waals surface area contributed by atoms with Crippen LogP contribution in [0, 0.1) is 19.7 Å². The van der Waals surface area contributed by atoms with Crippen LogP contribution in [0.4, 0.5) is 4.39 Å². The van der Waals surface area contributed by atoms with Gasteiger partial charge in [0.05, 0.1) is 0 Å². The van der Waals surface area contributed by atoms with Crippen LogP contribution in [0.5, 0.6) is 0 Å². The Kier molecular flexibility index (Phi) is 4.79. The Hall–Kier alpha value is -1.71. The van der Waals surface area contributed by atoms with Gasteiger partial charge < -0.3 is 5.73 Å². The lowest BCUT2D eigenvalue weighted by atomic mass is 9.87. The van der Waals surface area contributed by atoms with Crippen molar-refractivity contribution in [2.45, 2.75) is 38.8 Å². The Morgan fingerprint density at radius 1 is 1.04 bits per heavy atom. The molecule has 0 bridgehead atoms. The van der Waals surface area contributed by atoms with E-state index in [0.29, 0.717) is 5.92 Å². The minimum atomic E-state index is -0.183. The summed E-state index contributed by atoms with van der Waals surface area (Å²) < 4.78 is 13.0. The molecule has 23 heavy (non-hydrogen) atoms. The zero-order valence-corrected chi connectivity index (χ0v) is 13.9. The number of halogens is 1. The molecule has 1 saturated heterocycles. The minimum absolute atomic E-state index is 0.183. The Balaban J connectivity index is 1.73. The third kappa shape index (κ3) is 3.98. The summed E-state index contributed by atoms with van der Waals surface area (Å²) in [4.78, 5) is 2.39. The van der Waals surface area contributed by atoms with Gasteiger partial charge in [-0.3, -0.25) is 4.90 Å². The van der Waals surface area contributed by atoms with Gasteiger partial charge in [-0.25, -0.2) is 4.39 Å². The molecule has 0 amide bonds. The standard InChI is InChI=1S/C20H25FN2/c1-14-3-6-17(9-15(14)2)18-10-20(22)13-23(12-18)11-16-4-7-19(21)8-5-16/h3-9,18,20H,10-13,22H2,1-2H3. The number of hydrogen-bond acceptors (Lipinski definition) is 2. The molecular formula is C20H25FN2. The fraction of sp³-hybridized carbons (Fsp3) is 0.400. The normalized spacial score (nSPS) is 22.3. The third-order valence-electron chi connectivity index (χ3n) is 4.88. The number of benzene rings is 2. The van der Waals surface area contributed by atoms with E-state index in [1.165, 1.54) is 28.8 Å². The maximum atomic E-state index is 13.0. The second kappa shape index (κ2) is 6.81. The fourth-order valence-electron chi connectivity index (χ4n) is 3.47. The lowest BCUT2D eigenvalue weighted by molar-refractivity contribution is 0.181. The molecular weight excluding hydrogens is 287 g/mol. The topological polar surface area (TPSA) is 29.3 Å². The third-order valence-corrected chi connectivity index (χ3v) is 4.88. The van der Waals surface area contributed by atoms with Gasteiger partial charge >= 0.3 is 0 Å². The van der Waals surface area contributed by atoms with Crippen molar-refractivity contribution in [3.63, 3.8) is 0 Å². The monoisotopic (exact) mass is 312 g/mol. The minimum Gasteiger partial charge on any atom is -0.327 e. The van der Waals surface area contributed by atoms with Crippen molar-refractivity contribution in [2.24, 2.45) is 5.73 Å². The highest BCUT2D eigenvalue weighted by atomic mass is 19.1. The molecule has 2 unspecified atom stereocenters. The Morgan fingerprint density at radius 3 is 2.48 bits per heavy atom. The number of hydrogen-bond donors (Lipinski definition) is 1. The Labute approximate surface area is 138 Å². The summed E-state index contributed by atoms with van der Waals surface area (Å²) in [5.74, 6) is 0.288. The molecule has 122 valence electrons. The first-order valence-corrected chi connectivity index (χ1v) is 8.31. The molecule has 1 heterocycles. The zero-order valence-electron chi connectivity index (χ0n) is 13.9. The highest BCUT2D eigenvalue weighted by molar-refractivity contribution is 5.32. The van der Waals surface area contributed by atoms with E-state index in [1.54, 1.807) is 0 Å². The van der Waals surface area contributed by atoms with Crippen molar-refractivity contribution in [3.05, 3.63) is 70.5 Å². The van der Waals surface area contributed by atoms with E-state index in [4.69, 9.17) is 5.73 Å². The van der Waals surface area contributed by atoms with Crippen LogP contribution in [-0.4, -0.2) is 24.0 Å². The van der Waals surface area contributed by atoms with Crippen molar-refractivity contribution in [1.29, 1.82) is 0 Å². The predicted molar refractivity (Wildman–Crippen MR) is 92.9 cm³/mol. The van der Waals surface area contributed by atoms with Crippen LogP contribution in [0.25, 0.3) is 0 Å². The van der Waals surface area contributed by atoms with Crippen LogP contribution in [0.3, 0.4) is 0 Å². The molecule has 3 heteroatoms. The molecule has 0 radical (unpaired) electrons. The van der Waals surface area contributed by atoms with E-state index in [0.717, 1.165) is 31.6 Å². The second-order valence-electron chi connectivity index (χ2n) is 6.86. The molecule has 0 aromatic heterocycles. The molecule has 1 fully saturated rings. The van der Waals surface area contributed by atoms with Gasteiger partial charge in [-0.1, -0.05) is 30.3 Å². The number of nitrogens with zero attached hydrogens (tertiary/aromatic N) is 1. The number of likely N-dealkylation sites (tertiary alicyclic amines) is 1. The van der Waals surface area contributed by atoms with Crippen molar-refractivity contribution >= 4 is 0 Å². The smallest absolute Gasteiger partial charge is 0.123 e. The van der Waals surface area contributed by atoms with Crippen LogP contribution >= 0.6 is 0 Å². The van der Waals surface area contributed by atoms with Crippen molar-refractivity contribution < 1.29 is 4.39 Å².